The maximum atomic E-state index is 14.1. The van der Waals surface area contributed by atoms with Crippen LogP contribution in [0.5, 0.6) is 0 Å². The van der Waals surface area contributed by atoms with E-state index in [1.165, 1.54) is 17.4 Å². The number of nitrogens with one attached hydrogen (secondary N) is 1. The van der Waals surface area contributed by atoms with E-state index in [2.05, 4.69) is 10.2 Å². The van der Waals surface area contributed by atoms with Crippen molar-refractivity contribution >= 4 is 27.3 Å². The third-order valence-corrected chi connectivity index (χ3v) is 6.46. The number of nitrogens with zero attached hydrogens (tertiary/aromatic N) is 2. The number of halogens is 1. The number of hydrogen-bond acceptors (Lipinski definition) is 4. The lowest BCUT2D eigenvalue weighted by atomic mass is 10.1. The minimum atomic E-state index is -0.236. The van der Waals surface area contributed by atoms with Gasteiger partial charge in [-0.05, 0) is 31.0 Å². The number of amides is 1. The van der Waals surface area contributed by atoms with E-state index < -0.39 is 0 Å². The molecule has 0 radical (unpaired) electrons. The van der Waals surface area contributed by atoms with E-state index in [0.717, 1.165) is 56.0 Å². The van der Waals surface area contributed by atoms with E-state index in [1.54, 1.807) is 6.07 Å². The summed E-state index contributed by atoms with van der Waals surface area (Å²) in [6, 6.07) is 5.52. The minimum absolute atomic E-state index is 0.0609. The van der Waals surface area contributed by atoms with Crippen LogP contribution in [0.1, 0.15) is 21.7 Å². The van der Waals surface area contributed by atoms with Gasteiger partial charge in [-0.15, -0.1) is 11.3 Å². The van der Waals surface area contributed by atoms with Crippen LogP contribution in [0.25, 0.3) is 10.1 Å². The molecule has 1 amide bonds. The third-order valence-electron chi connectivity index (χ3n) is 5.22. The summed E-state index contributed by atoms with van der Waals surface area (Å²) in [4.78, 5) is 18.1. The molecule has 2 aliphatic heterocycles. The van der Waals surface area contributed by atoms with Gasteiger partial charge in [0, 0.05) is 55.4 Å². The Balaban J connectivity index is 1.54. The number of benzene rings is 1. The van der Waals surface area contributed by atoms with E-state index in [1.807, 2.05) is 17.9 Å². The fourth-order valence-electron chi connectivity index (χ4n) is 3.87. The van der Waals surface area contributed by atoms with Crippen molar-refractivity contribution in [2.24, 2.45) is 0 Å². The Bertz CT molecular complexity index is 769. The number of hydrogen-bond donors (Lipinski definition) is 1. The monoisotopic (exact) mass is 347 g/mol. The summed E-state index contributed by atoms with van der Waals surface area (Å²) in [5, 5.41) is 3.97. The molecule has 24 heavy (non-hydrogen) atoms. The zero-order valence-corrected chi connectivity index (χ0v) is 14.7. The third kappa shape index (κ3) is 2.72. The van der Waals surface area contributed by atoms with E-state index in [9.17, 15) is 9.18 Å². The Morgan fingerprint density at radius 3 is 2.83 bits per heavy atom. The van der Waals surface area contributed by atoms with Crippen LogP contribution in [-0.2, 0) is 0 Å². The minimum Gasteiger partial charge on any atom is -0.336 e. The lowest BCUT2D eigenvalue weighted by molar-refractivity contribution is 0.0777. The first kappa shape index (κ1) is 16.0. The van der Waals surface area contributed by atoms with Crippen LogP contribution in [0, 0.1) is 12.7 Å². The zero-order valence-electron chi connectivity index (χ0n) is 13.8. The van der Waals surface area contributed by atoms with E-state index >= 15 is 0 Å². The average molecular weight is 347 g/mol. The SMILES string of the molecule is Cc1c(C(=O)N2CCC(N3CCNCC3)C2)sc2cccc(F)c12. The van der Waals surface area contributed by atoms with Gasteiger partial charge in [-0.1, -0.05) is 6.07 Å². The van der Waals surface area contributed by atoms with Crippen LogP contribution < -0.4 is 5.32 Å². The Morgan fingerprint density at radius 1 is 1.29 bits per heavy atom. The zero-order chi connectivity index (χ0) is 16.7. The van der Waals surface area contributed by atoms with Gasteiger partial charge in [0.2, 0.25) is 0 Å². The molecule has 0 saturated carbocycles. The van der Waals surface area contributed by atoms with Crippen molar-refractivity contribution < 1.29 is 9.18 Å². The second kappa shape index (κ2) is 6.43. The number of likely N-dealkylation sites (tertiary alicyclic amines) is 1. The number of rotatable bonds is 2. The Morgan fingerprint density at radius 2 is 2.08 bits per heavy atom. The summed E-state index contributed by atoms with van der Waals surface area (Å²) < 4.78 is 14.9. The van der Waals surface area contributed by atoms with Crippen LogP contribution in [0.2, 0.25) is 0 Å². The van der Waals surface area contributed by atoms with Crippen molar-refractivity contribution in [1.82, 2.24) is 15.1 Å². The molecule has 1 aromatic carbocycles. The number of aryl methyl sites for hydroxylation is 1. The van der Waals surface area contributed by atoms with Crippen LogP contribution in [0.3, 0.4) is 0 Å². The fraction of sp³-hybridized carbons (Fsp3) is 0.500. The largest absolute Gasteiger partial charge is 0.336 e. The lowest BCUT2D eigenvalue weighted by Gasteiger charge is -2.32. The van der Waals surface area contributed by atoms with Crippen molar-refractivity contribution in [3.8, 4) is 0 Å². The highest BCUT2D eigenvalue weighted by molar-refractivity contribution is 7.21. The van der Waals surface area contributed by atoms with Crippen molar-refractivity contribution in [2.45, 2.75) is 19.4 Å². The second-order valence-electron chi connectivity index (χ2n) is 6.65. The van der Waals surface area contributed by atoms with Gasteiger partial charge in [0.05, 0.1) is 4.88 Å². The van der Waals surface area contributed by atoms with Gasteiger partial charge in [-0.25, -0.2) is 4.39 Å². The van der Waals surface area contributed by atoms with Gasteiger partial charge in [-0.3, -0.25) is 9.69 Å². The van der Waals surface area contributed by atoms with Crippen LogP contribution in [-0.4, -0.2) is 61.0 Å². The summed E-state index contributed by atoms with van der Waals surface area (Å²) in [6.45, 7) is 7.61. The van der Waals surface area contributed by atoms with Gasteiger partial charge in [0.25, 0.3) is 5.91 Å². The molecule has 4 nitrogen and oxygen atoms in total. The molecule has 1 N–H and O–H groups in total. The Hall–Kier alpha value is -1.50. The Kier molecular flexibility index (Phi) is 4.28. The lowest BCUT2D eigenvalue weighted by Crippen LogP contribution is -2.49. The second-order valence-corrected chi connectivity index (χ2v) is 7.70. The molecule has 3 heterocycles. The number of fused-ring (bicyclic) bond motifs is 1. The molecular weight excluding hydrogens is 325 g/mol. The maximum absolute atomic E-state index is 14.1. The molecule has 0 spiro atoms. The Labute approximate surface area is 145 Å². The van der Waals surface area contributed by atoms with Crippen LogP contribution in [0.15, 0.2) is 18.2 Å². The molecule has 2 aromatic rings. The normalized spacial score (nSPS) is 22.4. The predicted octanol–water partition coefficient (Wildman–Crippen LogP) is 2.47. The van der Waals surface area contributed by atoms with E-state index in [-0.39, 0.29) is 11.7 Å². The maximum Gasteiger partial charge on any atom is 0.264 e. The average Bonchev–Trinajstić information content (AvgIpc) is 3.21. The molecule has 2 saturated heterocycles. The molecule has 1 atom stereocenters. The molecule has 1 unspecified atom stereocenters. The number of thiophene rings is 1. The van der Waals surface area contributed by atoms with Gasteiger partial charge < -0.3 is 10.2 Å². The van der Waals surface area contributed by atoms with Crippen molar-refractivity contribution in [1.29, 1.82) is 0 Å². The molecule has 2 fully saturated rings. The van der Waals surface area contributed by atoms with Crippen molar-refractivity contribution in [3.05, 3.63) is 34.5 Å². The number of carbonyl (C=O) groups excluding carboxylic acids is 1. The highest BCUT2D eigenvalue weighted by atomic mass is 32.1. The fourth-order valence-corrected chi connectivity index (χ4v) is 5.06. The molecule has 0 bridgehead atoms. The first-order valence-electron chi connectivity index (χ1n) is 8.57. The molecule has 0 aliphatic carbocycles. The highest BCUT2D eigenvalue weighted by Crippen LogP contribution is 2.34. The van der Waals surface area contributed by atoms with Crippen LogP contribution >= 0.6 is 11.3 Å². The summed E-state index contributed by atoms with van der Waals surface area (Å²) in [6.07, 6.45) is 1.03. The van der Waals surface area contributed by atoms with E-state index in [0.29, 0.717) is 16.3 Å². The summed E-state index contributed by atoms with van der Waals surface area (Å²) in [7, 11) is 0. The van der Waals surface area contributed by atoms with E-state index in [4.69, 9.17) is 0 Å². The first-order valence-corrected chi connectivity index (χ1v) is 9.38. The number of carbonyl (C=O) groups is 1. The van der Waals surface area contributed by atoms with Gasteiger partial charge in [0.1, 0.15) is 5.82 Å². The molecular formula is C18H22FN3OS. The molecule has 2 aliphatic rings. The topological polar surface area (TPSA) is 35.6 Å². The smallest absolute Gasteiger partial charge is 0.264 e. The van der Waals surface area contributed by atoms with Gasteiger partial charge >= 0.3 is 0 Å². The molecule has 6 heteroatoms. The molecule has 1 aromatic heterocycles. The van der Waals surface area contributed by atoms with Crippen molar-refractivity contribution in [2.75, 3.05) is 39.3 Å². The quantitative estimate of drug-likeness (QED) is 0.907. The summed E-state index contributed by atoms with van der Waals surface area (Å²) in [5.41, 5.74) is 0.781. The van der Waals surface area contributed by atoms with Crippen LogP contribution in [0.4, 0.5) is 4.39 Å². The van der Waals surface area contributed by atoms with Crippen molar-refractivity contribution in [3.63, 3.8) is 0 Å². The summed E-state index contributed by atoms with van der Waals surface area (Å²) >= 11 is 1.42. The predicted molar refractivity (Wildman–Crippen MR) is 95.3 cm³/mol. The molecule has 128 valence electrons. The standard InChI is InChI=1S/C18H22FN3OS/c1-12-16-14(19)3-2-4-15(16)24-17(12)18(23)22-8-5-13(11-22)21-9-6-20-7-10-21/h2-4,13,20H,5-11H2,1H3. The molecule has 4 rings (SSSR count). The first-order chi connectivity index (χ1) is 11.6. The van der Waals surface area contributed by atoms with Gasteiger partial charge in [0.15, 0.2) is 0 Å². The number of piperazine rings is 1. The summed E-state index contributed by atoms with van der Waals surface area (Å²) in [5.74, 6) is -0.175. The van der Waals surface area contributed by atoms with Gasteiger partial charge in [-0.2, -0.15) is 0 Å². The highest BCUT2D eigenvalue weighted by Gasteiger charge is 2.32.